The summed E-state index contributed by atoms with van der Waals surface area (Å²) in [6, 6.07) is 10.5. The smallest absolute Gasteiger partial charge is 0.134 e. The van der Waals surface area contributed by atoms with Crippen LogP contribution in [0.5, 0.6) is 0 Å². The summed E-state index contributed by atoms with van der Waals surface area (Å²) in [6.07, 6.45) is 0.778. The summed E-state index contributed by atoms with van der Waals surface area (Å²) < 4.78 is 11.3. The molecule has 0 bridgehead atoms. The number of nitrogens with zero attached hydrogens (tertiary/aromatic N) is 2. The van der Waals surface area contributed by atoms with Gasteiger partial charge in [-0.15, -0.1) is 0 Å². The maximum Gasteiger partial charge on any atom is 0.134 e. The Morgan fingerprint density at radius 2 is 2.00 bits per heavy atom. The summed E-state index contributed by atoms with van der Waals surface area (Å²) in [4.78, 5) is 4.83. The van der Waals surface area contributed by atoms with Crippen molar-refractivity contribution < 1.29 is 14.3 Å². The molecule has 0 radical (unpaired) electrons. The number of aliphatic hydroxyl groups excluding tert-OH is 1. The van der Waals surface area contributed by atoms with Gasteiger partial charge in [0.2, 0.25) is 0 Å². The van der Waals surface area contributed by atoms with Crippen molar-refractivity contribution >= 4 is 11.0 Å². The lowest BCUT2D eigenvalue weighted by molar-refractivity contribution is 0.0835. The molecule has 2 atom stereocenters. The Labute approximate surface area is 136 Å². The predicted molar refractivity (Wildman–Crippen MR) is 88.3 cm³/mol. The summed E-state index contributed by atoms with van der Waals surface area (Å²) in [5, 5.41) is 11.2. The van der Waals surface area contributed by atoms with Crippen molar-refractivity contribution in [1.82, 2.24) is 9.80 Å². The van der Waals surface area contributed by atoms with E-state index < -0.39 is 0 Å². The van der Waals surface area contributed by atoms with E-state index in [9.17, 15) is 5.11 Å². The molecule has 0 spiro atoms. The second-order valence-electron chi connectivity index (χ2n) is 6.59. The second kappa shape index (κ2) is 6.61. The van der Waals surface area contributed by atoms with E-state index in [0.29, 0.717) is 13.2 Å². The molecular weight excluding hydrogens is 292 g/mol. The standard InChI is InChI=1S/C18H24N2O3/c21-17-13-22-12-16(17)20-7-3-6-19(8-9-20)11-15-10-14-4-1-2-5-18(14)23-15/h1-2,4-5,10,16-17,21H,3,6-9,11-13H2/t16-,17-/m1/s1. The van der Waals surface area contributed by atoms with Gasteiger partial charge in [-0.3, -0.25) is 9.80 Å². The van der Waals surface area contributed by atoms with Crippen LogP contribution in [-0.2, 0) is 11.3 Å². The lowest BCUT2D eigenvalue weighted by Crippen LogP contribution is -2.44. The minimum atomic E-state index is -0.336. The van der Waals surface area contributed by atoms with Crippen LogP contribution in [0.4, 0.5) is 0 Å². The molecule has 1 aromatic heterocycles. The SMILES string of the molecule is O[C@@H]1COC[C@H]1N1CCCN(Cc2cc3ccccc3o2)CC1. The van der Waals surface area contributed by atoms with Gasteiger partial charge >= 0.3 is 0 Å². The van der Waals surface area contributed by atoms with Gasteiger partial charge in [0.1, 0.15) is 11.3 Å². The zero-order valence-corrected chi connectivity index (χ0v) is 13.4. The molecule has 0 saturated carbocycles. The van der Waals surface area contributed by atoms with Crippen molar-refractivity contribution in [3.05, 3.63) is 36.1 Å². The van der Waals surface area contributed by atoms with E-state index in [1.54, 1.807) is 0 Å². The van der Waals surface area contributed by atoms with Crippen molar-refractivity contribution in [1.29, 1.82) is 0 Å². The largest absolute Gasteiger partial charge is 0.460 e. The van der Waals surface area contributed by atoms with Crippen molar-refractivity contribution in [2.75, 3.05) is 39.4 Å². The number of aliphatic hydroxyl groups is 1. The first-order valence-corrected chi connectivity index (χ1v) is 8.49. The molecule has 0 unspecified atom stereocenters. The van der Waals surface area contributed by atoms with E-state index >= 15 is 0 Å². The number of rotatable bonds is 3. The fourth-order valence-corrected chi connectivity index (χ4v) is 3.70. The summed E-state index contributed by atoms with van der Waals surface area (Å²) >= 11 is 0. The molecule has 1 N–H and O–H groups in total. The number of furan rings is 1. The molecule has 2 aromatic rings. The number of hydrogen-bond donors (Lipinski definition) is 1. The summed E-state index contributed by atoms with van der Waals surface area (Å²) in [5.41, 5.74) is 0.963. The monoisotopic (exact) mass is 316 g/mol. The molecule has 5 nitrogen and oxygen atoms in total. The Hall–Kier alpha value is -1.40. The number of benzene rings is 1. The number of hydrogen-bond acceptors (Lipinski definition) is 5. The minimum Gasteiger partial charge on any atom is -0.460 e. The first-order valence-electron chi connectivity index (χ1n) is 8.49. The number of ether oxygens (including phenoxy) is 1. The van der Waals surface area contributed by atoms with Crippen LogP contribution in [-0.4, -0.2) is 66.4 Å². The van der Waals surface area contributed by atoms with Crippen molar-refractivity contribution in [3.63, 3.8) is 0 Å². The van der Waals surface area contributed by atoms with Crippen LogP contribution in [0.15, 0.2) is 34.7 Å². The number of fused-ring (bicyclic) bond motifs is 1. The van der Waals surface area contributed by atoms with Crippen LogP contribution < -0.4 is 0 Å². The van der Waals surface area contributed by atoms with Crippen molar-refractivity contribution in [2.24, 2.45) is 0 Å². The lowest BCUT2D eigenvalue weighted by Gasteiger charge is -2.28. The molecule has 124 valence electrons. The molecule has 2 saturated heterocycles. The van der Waals surface area contributed by atoms with Crippen LogP contribution in [0.3, 0.4) is 0 Å². The highest BCUT2D eigenvalue weighted by molar-refractivity contribution is 5.77. The molecule has 5 heteroatoms. The normalized spacial score (nSPS) is 27.5. The second-order valence-corrected chi connectivity index (χ2v) is 6.59. The van der Waals surface area contributed by atoms with Crippen molar-refractivity contribution in [3.8, 4) is 0 Å². The fraction of sp³-hybridized carbons (Fsp3) is 0.556. The molecule has 1 aromatic carbocycles. The molecule has 2 aliphatic rings. The molecule has 23 heavy (non-hydrogen) atoms. The Bertz CT molecular complexity index is 624. The minimum absolute atomic E-state index is 0.168. The molecule has 0 amide bonds. The Morgan fingerprint density at radius 1 is 1.09 bits per heavy atom. The Kier molecular flexibility index (Phi) is 4.35. The van der Waals surface area contributed by atoms with Crippen LogP contribution >= 0.6 is 0 Å². The van der Waals surface area contributed by atoms with Crippen molar-refractivity contribution in [2.45, 2.75) is 25.1 Å². The fourth-order valence-electron chi connectivity index (χ4n) is 3.70. The van der Waals surface area contributed by atoms with E-state index in [4.69, 9.17) is 9.15 Å². The van der Waals surface area contributed by atoms with Gasteiger partial charge in [0.05, 0.1) is 31.9 Å². The Morgan fingerprint density at radius 3 is 2.83 bits per heavy atom. The molecule has 4 rings (SSSR count). The van der Waals surface area contributed by atoms with Gasteiger partial charge in [-0.25, -0.2) is 0 Å². The van der Waals surface area contributed by atoms with E-state index in [0.717, 1.165) is 50.5 Å². The molecular formula is C18H24N2O3. The average molecular weight is 316 g/mol. The van der Waals surface area contributed by atoms with Gasteiger partial charge in [0.25, 0.3) is 0 Å². The maximum absolute atomic E-state index is 10.0. The van der Waals surface area contributed by atoms with Crippen LogP contribution in [0.1, 0.15) is 12.2 Å². The van der Waals surface area contributed by atoms with Gasteiger partial charge in [-0.2, -0.15) is 0 Å². The zero-order valence-electron chi connectivity index (χ0n) is 13.4. The Balaban J connectivity index is 1.38. The first kappa shape index (κ1) is 15.1. The van der Waals surface area contributed by atoms with E-state index in [1.807, 2.05) is 18.2 Å². The van der Waals surface area contributed by atoms with Gasteiger partial charge < -0.3 is 14.3 Å². The van der Waals surface area contributed by atoms with Gasteiger partial charge in [0, 0.05) is 18.5 Å². The summed E-state index contributed by atoms with van der Waals surface area (Å²) in [5.74, 6) is 1.03. The topological polar surface area (TPSA) is 49.1 Å². The highest BCUT2D eigenvalue weighted by Gasteiger charge is 2.32. The third-order valence-corrected chi connectivity index (χ3v) is 4.97. The summed E-state index contributed by atoms with van der Waals surface area (Å²) in [7, 11) is 0. The van der Waals surface area contributed by atoms with Gasteiger partial charge in [-0.1, -0.05) is 18.2 Å². The molecule has 2 fully saturated rings. The highest BCUT2D eigenvalue weighted by Crippen LogP contribution is 2.21. The van der Waals surface area contributed by atoms with Crippen LogP contribution in [0.2, 0.25) is 0 Å². The lowest BCUT2D eigenvalue weighted by atomic mass is 10.2. The molecule has 3 heterocycles. The maximum atomic E-state index is 10.0. The third-order valence-electron chi connectivity index (χ3n) is 4.97. The predicted octanol–water partition coefficient (Wildman–Crippen LogP) is 1.70. The van der Waals surface area contributed by atoms with E-state index in [1.165, 1.54) is 5.39 Å². The average Bonchev–Trinajstić information content (AvgIpc) is 3.08. The highest BCUT2D eigenvalue weighted by atomic mass is 16.5. The van der Waals surface area contributed by atoms with E-state index in [-0.39, 0.29) is 12.1 Å². The zero-order chi connectivity index (χ0) is 15.6. The summed E-state index contributed by atoms with van der Waals surface area (Å²) in [6.45, 7) is 6.06. The van der Waals surface area contributed by atoms with Crippen LogP contribution in [0.25, 0.3) is 11.0 Å². The van der Waals surface area contributed by atoms with E-state index in [2.05, 4.69) is 21.9 Å². The number of para-hydroxylation sites is 1. The van der Waals surface area contributed by atoms with Crippen LogP contribution in [0, 0.1) is 0 Å². The first-order chi connectivity index (χ1) is 11.3. The van der Waals surface area contributed by atoms with Gasteiger partial charge in [-0.05, 0) is 31.6 Å². The molecule has 2 aliphatic heterocycles. The third kappa shape index (κ3) is 3.28. The van der Waals surface area contributed by atoms with Gasteiger partial charge in [0.15, 0.2) is 0 Å². The molecule has 0 aliphatic carbocycles. The quantitative estimate of drug-likeness (QED) is 0.934.